The number of anilines is 1. The van der Waals surface area contributed by atoms with Crippen molar-refractivity contribution in [2.75, 3.05) is 38.1 Å². The molecule has 0 radical (unpaired) electrons. The van der Waals surface area contributed by atoms with Crippen molar-refractivity contribution in [2.24, 2.45) is 7.05 Å². The molecule has 4 rings (SSSR count). The number of hydrogen-bond donors (Lipinski definition) is 1. The lowest BCUT2D eigenvalue weighted by molar-refractivity contribution is 0.0938. The molecule has 0 saturated carbocycles. The van der Waals surface area contributed by atoms with Crippen LogP contribution in [0.4, 0.5) is 5.13 Å². The quantitative estimate of drug-likeness (QED) is 0.629. The van der Waals surface area contributed by atoms with E-state index in [9.17, 15) is 4.79 Å². The van der Waals surface area contributed by atoms with Gasteiger partial charge in [-0.2, -0.15) is 0 Å². The lowest BCUT2D eigenvalue weighted by Gasteiger charge is -2.32. The number of nitrogens with zero attached hydrogens (tertiary/aromatic N) is 4. The highest BCUT2D eigenvalue weighted by molar-refractivity contribution is 7.17. The van der Waals surface area contributed by atoms with Crippen molar-refractivity contribution in [1.29, 1.82) is 0 Å². The van der Waals surface area contributed by atoms with Crippen LogP contribution in [0.3, 0.4) is 0 Å². The Balaban J connectivity index is 1.45. The molecule has 1 amide bonds. The smallest absolute Gasteiger partial charge is 0.263 e. The number of hydrogen-bond acceptors (Lipinski definition) is 5. The summed E-state index contributed by atoms with van der Waals surface area (Å²) in [6, 6.07) is 8.57. The lowest BCUT2D eigenvalue weighted by Crippen LogP contribution is -2.44. The molecule has 2 aromatic heterocycles. The number of carbonyl (C=O) groups is 1. The monoisotopic (exact) mass is 425 g/mol. The van der Waals surface area contributed by atoms with Crippen molar-refractivity contribution >= 4 is 33.3 Å². The maximum absolute atomic E-state index is 13.0. The maximum atomic E-state index is 13.0. The number of nitrogens with one attached hydrogen (secondary N) is 1. The number of amides is 1. The molecule has 0 bridgehead atoms. The average molecular weight is 426 g/mol. The summed E-state index contributed by atoms with van der Waals surface area (Å²) in [5.74, 6) is -0.00781. The molecule has 0 spiro atoms. The van der Waals surface area contributed by atoms with Crippen molar-refractivity contribution in [2.45, 2.75) is 32.2 Å². The number of para-hydroxylation sites is 1. The van der Waals surface area contributed by atoms with Crippen LogP contribution in [0, 0.1) is 0 Å². The van der Waals surface area contributed by atoms with Crippen LogP contribution in [0.15, 0.2) is 36.7 Å². The molecule has 1 aromatic carbocycles. The minimum Gasteiger partial charge on any atom is -0.350 e. The van der Waals surface area contributed by atoms with Crippen molar-refractivity contribution in [3.8, 4) is 0 Å². The summed E-state index contributed by atoms with van der Waals surface area (Å²) < 4.78 is 2.17. The van der Waals surface area contributed by atoms with Gasteiger partial charge in [-0.15, -0.1) is 0 Å². The van der Waals surface area contributed by atoms with E-state index in [0.29, 0.717) is 4.88 Å². The SMILES string of the molecule is CCCC(Cc1cn(C)c2ccccc12)NC(=O)c1cnc(N2CCN(C)CC2)s1. The van der Waals surface area contributed by atoms with Gasteiger partial charge in [0.15, 0.2) is 5.13 Å². The Morgan fingerprint density at radius 3 is 2.73 bits per heavy atom. The zero-order valence-electron chi connectivity index (χ0n) is 18.1. The van der Waals surface area contributed by atoms with Crippen molar-refractivity contribution < 1.29 is 4.79 Å². The molecule has 1 aliphatic rings. The number of carbonyl (C=O) groups excluding carboxylic acids is 1. The van der Waals surface area contributed by atoms with E-state index in [0.717, 1.165) is 50.6 Å². The fourth-order valence-corrected chi connectivity index (χ4v) is 5.07. The molecular formula is C23H31N5OS. The third-order valence-corrected chi connectivity index (χ3v) is 6.97. The largest absolute Gasteiger partial charge is 0.350 e. The van der Waals surface area contributed by atoms with Gasteiger partial charge in [-0.1, -0.05) is 42.9 Å². The number of aromatic nitrogens is 2. The Morgan fingerprint density at radius 1 is 1.20 bits per heavy atom. The average Bonchev–Trinajstić information content (AvgIpc) is 3.35. The van der Waals surface area contributed by atoms with Gasteiger partial charge in [0.05, 0.1) is 6.20 Å². The van der Waals surface area contributed by atoms with Crippen molar-refractivity contribution in [1.82, 2.24) is 19.8 Å². The molecule has 7 heteroatoms. The van der Waals surface area contributed by atoms with Crippen LogP contribution >= 0.6 is 11.3 Å². The van der Waals surface area contributed by atoms with E-state index in [1.165, 1.54) is 27.8 Å². The van der Waals surface area contributed by atoms with Gasteiger partial charge in [0.1, 0.15) is 4.88 Å². The summed E-state index contributed by atoms with van der Waals surface area (Å²) in [5.41, 5.74) is 2.52. The van der Waals surface area contributed by atoms with Crippen LogP contribution in [-0.2, 0) is 13.5 Å². The van der Waals surface area contributed by atoms with Crippen LogP contribution in [0.25, 0.3) is 10.9 Å². The lowest BCUT2D eigenvalue weighted by atomic mass is 10.0. The number of benzene rings is 1. The topological polar surface area (TPSA) is 53.4 Å². The highest BCUT2D eigenvalue weighted by Crippen LogP contribution is 2.25. The van der Waals surface area contributed by atoms with Crippen molar-refractivity contribution in [3.05, 3.63) is 47.1 Å². The standard InChI is InChI=1S/C23H31N5OS/c1-4-7-18(14-17-16-27(3)20-9-6-5-8-19(17)20)25-22(29)21-15-24-23(30-21)28-12-10-26(2)11-13-28/h5-6,8-9,15-16,18H,4,7,10-14H2,1-3H3,(H,25,29). The van der Waals surface area contributed by atoms with Gasteiger partial charge >= 0.3 is 0 Å². The van der Waals surface area contributed by atoms with E-state index < -0.39 is 0 Å². The van der Waals surface area contributed by atoms with E-state index in [-0.39, 0.29) is 11.9 Å². The highest BCUT2D eigenvalue weighted by Gasteiger charge is 2.21. The van der Waals surface area contributed by atoms with Crippen LogP contribution in [0.2, 0.25) is 0 Å². The van der Waals surface area contributed by atoms with E-state index in [1.54, 1.807) is 6.20 Å². The summed E-state index contributed by atoms with van der Waals surface area (Å²) in [6.07, 6.45) is 6.75. The normalized spacial score (nSPS) is 16.2. The molecule has 1 N–H and O–H groups in total. The Labute approximate surface area is 182 Å². The predicted octanol–water partition coefficient (Wildman–Crippen LogP) is 3.53. The first kappa shape index (κ1) is 20.9. The van der Waals surface area contributed by atoms with Crippen LogP contribution in [0.5, 0.6) is 0 Å². The molecule has 1 saturated heterocycles. The molecule has 1 unspecified atom stereocenters. The van der Waals surface area contributed by atoms with Gasteiger partial charge in [0, 0.05) is 56.4 Å². The molecule has 30 heavy (non-hydrogen) atoms. The Kier molecular flexibility index (Phi) is 6.39. The summed E-state index contributed by atoms with van der Waals surface area (Å²) in [6.45, 7) is 6.16. The Bertz CT molecular complexity index is 1000. The molecule has 1 aliphatic heterocycles. The molecule has 0 aliphatic carbocycles. The minimum absolute atomic E-state index is 0.00781. The van der Waals surface area contributed by atoms with Gasteiger partial charge in [0.25, 0.3) is 5.91 Å². The van der Waals surface area contributed by atoms with Gasteiger partial charge in [-0.05, 0) is 31.5 Å². The first-order chi connectivity index (χ1) is 14.5. The molecule has 3 aromatic rings. The Hall–Kier alpha value is -2.38. The third kappa shape index (κ3) is 4.52. The second-order valence-corrected chi connectivity index (χ2v) is 9.25. The van der Waals surface area contributed by atoms with Gasteiger partial charge in [-0.3, -0.25) is 4.79 Å². The summed E-state index contributed by atoms with van der Waals surface area (Å²) in [5, 5.41) is 5.50. The molecule has 3 heterocycles. The zero-order chi connectivity index (χ0) is 21.1. The molecule has 160 valence electrons. The van der Waals surface area contributed by atoms with E-state index in [4.69, 9.17) is 0 Å². The van der Waals surface area contributed by atoms with Crippen molar-refractivity contribution in [3.63, 3.8) is 0 Å². The number of fused-ring (bicyclic) bond motifs is 1. The fourth-order valence-electron chi connectivity index (χ4n) is 4.20. The minimum atomic E-state index is -0.00781. The maximum Gasteiger partial charge on any atom is 0.263 e. The second-order valence-electron chi connectivity index (χ2n) is 8.24. The van der Waals surface area contributed by atoms with E-state index in [2.05, 4.69) is 76.1 Å². The summed E-state index contributed by atoms with van der Waals surface area (Å²) in [4.78, 5) is 22.8. The Morgan fingerprint density at radius 2 is 1.97 bits per heavy atom. The second kappa shape index (κ2) is 9.18. The van der Waals surface area contributed by atoms with Gasteiger partial charge in [0.2, 0.25) is 0 Å². The summed E-state index contributed by atoms with van der Waals surface area (Å²) >= 11 is 1.50. The first-order valence-electron chi connectivity index (χ1n) is 10.8. The molecule has 6 nitrogen and oxygen atoms in total. The van der Waals surface area contributed by atoms with Crippen LogP contribution in [-0.4, -0.2) is 59.6 Å². The zero-order valence-corrected chi connectivity index (χ0v) is 18.9. The number of likely N-dealkylation sites (N-methyl/N-ethyl adjacent to an activating group) is 1. The van der Waals surface area contributed by atoms with E-state index >= 15 is 0 Å². The van der Waals surface area contributed by atoms with Crippen LogP contribution in [0.1, 0.15) is 35.0 Å². The first-order valence-corrected chi connectivity index (χ1v) is 11.6. The van der Waals surface area contributed by atoms with E-state index in [1.807, 2.05) is 0 Å². The fraction of sp³-hybridized carbons (Fsp3) is 0.478. The van der Waals surface area contributed by atoms with Crippen LogP contribution < -0.4 is 10.2 Å². The summed E-state index contributed by atoms with van der Waals surface area (Å²) in [7, 11) is 4.22. The number of piperazine rings is 1. The number of thiazole rings is 1. The molecule has 1 fully saturated rings. The molecule has 1 atom stereocenters. The number of aryl methyl sites for hydroxylation is 1. The van der Waals surface area contributed by atoms with Gasteiger partial charge < -0.3 is 19.7 Å². The number of rotatable bonds is 7. The highest BCUT2D eigenvalue weighted by atomic mass is 32.1. The predicted molar refractivity (Wildman–Crippen MR) is 125 cm³/mol. The third-order valence-electron chi connectivity index (χ3n) is 5.91. The van der Waals surface area contributed by atoms with Gasteiger partial charge in [-0.25, -0.2) is 4.98 Å². The molecular weight excluding hydrogens is 394 g/mol.